The summed E-state index contributed by atoms with van der Waals surface area (Å²) in [5, 5.41) is 5.16. The molecule has 1 saturated carbocycles. The van der Waals surface area contributed by atoms with E-state index in [0.29, 0.717) is 0 Å². The molecule has 1 aliphatic carbocycles. The first-order chi connectivity index (χ1) is 9.28. The van der Waals surface area contributed by atoms with Gasteiger partial charge in [0.15, 0.2) is 0 Å². The van der Waals surface area contributed by atoms with Crippen molar-refractivity contribution in [1.29, 1.82) is 0 Å². The molecule has 0 aliphatic heterocycles. The lowest BCUT2D eigenvalue weighted by Gasteiger charge is -2.10. The van der Waals surface area contributed by atoms with E-state index < -0.39 is 0 Å². The maximum atomic E-state index is 3.73. The highest BCUT2D eigenvalue weighted by Gasteiger charge is 2.15. The number of rotatable bonds is 4. The number of aryl methyl sites for hydroxylation is 2. The van der Waals surface area contributed by atoms with Gasteiger partial charge in [-0.15, -0.1) is 0 Å². The van der Waals surface area contributed by atoms with E-state index in [1.807, 2.05) is 0 Å². The Morgan fingerprint density at radius 3 is 2.79 bits per heavy atom. The Morgan fingerprint density at radius 1 is 1.26 bits per heavy atom. The average molecular weight is 256 g/mol. The summed E-state index contributed by atoms with van der Waals surface area (Å²) in [6.07, 6.45) is 7.82. The number of aromatic nitrogens is 1. The summed E-state index contributed by atoms with van der Waals surface area (Å²) in [4.78, 5) is 0. The topological polar surface area (TPSA) is 17.0 Å². The molecule has 0 amide bonds. The molecule has 1 aromatic heterocycles. The largest absolute Gasteiger partial charge is 0.347 e. The molecule has 0 radical (unpaired) electrons. The van der Waals surface area contributed by atoms with Crippen molar-refractivity contribution in [2.75, 3.05) is 0 Å². The molecule has 0 unspecified atom stereocenters. The summed E-state index contributed by atoms with van der Waals surface area (Å²) < 4.78 is 2.36. The smallest absolute Gasteiger partial charge is 0.0483 e. The van der Waals surface area contributed by atoms with Crippen molar-refractivity contribution in [1.82, 2.24) is 9.88 Å². The first-order valence-electron chi connectivity index (χ1n) is 7.59. The minimum Gasteiger partial charge on any atom is -0.347 e. The van der Waals surface area contributed by atoms with Gasteiger partial charge in [-0.2, -0.15) is 0 Å². The van der Waals surface area contributed by atoms with Crippen molar-refractivity contribution < 1.29 is 0 Å². The van der Waals surface area contributed by atoms with Crippen molar-refractivity contribution in [2.45, 2.75) is 58.7 Å². The van der Waals surface area contributed by atoms with Gasteiger partial charge in [0.25, 0.3) is 0 Å². The van der Waals surface area contributed by atoms with Crippen LogP contribution in [0.15, 0.2) is 24.4 Å². The fourth-order valence-corrected chi connectivity index (χ4v) is 3.27. The van der Waals surface area contributed by atoms with Crippen LogP contribution >= 0.6 is 0 Å². The first kappa shape index (κ1) is 12.7. The normalized spacial score (nSPS) is 16.5. The van der Waals surface area contributed by atoms with Gasteiger partial charge in [0.2, 0.25) is 0 Å². The van der Waals surface area contributed by atoms with E-state index in [-0.39, 0.29) is 0 Å². The predicted octanol–water partition coefficient (Wildman–Crippen LogP) is 4.00. The van der Waals surface area contributed by atoms with E-state index in [9.17, 15) is 0 Å². The van der Waals surface area contributed by atoms with E-state index in [0.717, 1.165) is 19.1 Å². The molecular formula is C17H24N2. The maximum Gasteiger partial charge on any atom is 0.0483 e. The van der Waals surface area contributed by atoms with Crippen molar-refractivity contribution in [3.05, 3.63) is 35.5 Å². The van der Waals surface area contributed by atoms with E-state index in [1.54, 1.807) is 0 Å². The molecule has 1 aliphatic rings. The average Bonchev–Trinajstić information content (AvgIpc) is 3.03. The van der Waals surface area contributed by atoms with E-state index >= 15 is 0 Å². The van der Waals surface area contributed by atoms with Crippen LogP contribution in [0.2, 0.25) is 0 Å². The summed E-state index contributed by atoms with van der Waals surface area (Å²) in [5.41, 5.74) is 4.17. The lowest BCUT2D eigenvalue weighted by Crippen LogP contribution is -2.25. The minimum absolute atomic E-state index is 0.741. The molecule has 1 aromatic carbocycles. The molecule has 19 heavy (non-hydrogen) atoms. The summed E-state index contributed by atoms with van der Waals surface area (Å²) in [7, 11) is 0. The molecule has 1 heterocycles. The quantitative estimate of drug-likeness (QED) is 0.875. The van der Waals surface area contributed by atoms with Gasteiger partial charge < -0.3 is 9.88 Å². The maximum absolute atomic E-state index is 3.73. The van der Waals surface area contributed by atoms with Crippen LogP contribution in [0.3, 0.4) is 0 Å². The molecule has 0 bridgehead atoms. The van der Waals surface area contributed by atoms with Crippen LogP contribution in [0.25, 0.3) is 10.9 Å². The Labute approximate surface area is 115 Å². The van der Waals surface area contributed by atoms with Gasteiger partial charge in [-0.25, -0.2) is 0 Å². The number of benzene rings is 1. The third-order valence-electron chi connectivity index (χ3n) is 4.40. The van der Waals surface area contributed by atoms with Gasteiger partial charge in [0.1, 0.15) is 0 Å². The molecule has 102 valence electrons. The predicted molar refractivity (Wildman–Crippen MR) is 81.4 cm³/mol. The van der Waals surface area contributed by atoms with Crippen molar-refractivity contribution >= 4 is 10.9 Å². The fourth-order valence-electron chi connectivity index (χ4n) is 3.27. The molecule has 2 aromatic rings. The zero-order valence-electron chi connectivity index (χ0n) is 12.1. The van der Waals surface area contributed by atoms with Crippen molar-refractivity contribution in [3.63, 3.8) is 0 Å². The standard InChI is InChI=1S/C17H24N2/c1-3-19-12-14(11-18-15-6-4-5-7-15)16-10-13(2)8-9-17(16)19/h8-10,12,15,18H,3-7,11H2,1-2H3. The van der Waals surface area contributed by atoms with Crippen LogP contribution in [0.5, 0.6) is 0 Å². The van der Waals surface area contributed by atoms with Gasteiger partial charge in [-0.3, -0.25) is 0 Å². The van der Waals surface area contributed by atoms with Gasteiger partial charge in [0, 0.05) is 36.2 Å². The summed E-state index contributed by atoms with van der Waals surface area (Å²) in [6.45, 7) is 6.45. The Hall–Kier alpha value is -1.28. The molecule has 2 heteroatoms. The number of hydrogen-bond donors (Lipinski definition) is 1. The highest BCUT2D eigenvalue weighted by molar-refractivity contribution is 5.84. The Kier molecular flexibility index (Phi) is 3.61. The number of nitrogens with zero attached hydrogens (tertiary/aromatic N) is 1. The van der Waals surface area contributed by atoms with Crippen LogP contribution < -0.4 is 5.32 Å². The fraction of sp³-hybridized carbons (Fsp3) is 0.529. The van der Waals surface area contributed by atoms with Gasteiger partial charge in [-0.05, 0) is 44.4 Å². The van der Waals surface area contributed by atoms with Crippen LogP contribution in [0.1, 0.15) is 43.7 Å². The van der Waals surface area contributed by atoms with Crippen molar-refractivity contribution in [3.8, 4) is 0 Å². The summed E-state index contributed by atoms with van der Waals surface area (Å²) >= 11 is 0. The molecule has 1 fully saturated rings. The highest BCUT2D eigenvalue weighted by Crippen LogP contribution is 2.24. The zero-order valence-corrected chi connectivity index (χ0v) is 12.1. The second-order valence-corrected chi connectivity index (χ2v) is 5.82. The van der Waals surface area contributed by atoms with Gasteiger partial charge in [-0.1, -0.05) is 24.5 Å². The first-order valence-corrected chi connectivity index (χ1v) is 7.59. The highest BCUT2D eigenvalue weighted by atomic mass is 15.0. The zero-order chi connectivity index (χ0) is 13.2. The number of fused-ring (bicyclic) bond motifs is 1. The van der Waals surface area contributed by atoms with E-state index in [1.165, 1.54) is 47.7 Å². The molecule has 0 spiro atoms. The number of nitrogens with one attached hydrogen (secondary N) is 1. The van der Waals surface area contributed by atoms with Crippen LogP contribution in [0.4, 0.5) is 0 Å². The third-order valence-corrected chi connectivity index (χ3v) is 4.40. The molecule has 0 atom stereocenters. The Balaban J connectivity index is 1.86. The summed E-state index contributed by atoms with van der Waals surface area (Å²) in [5.74, 6) is 0. The third kappa shape index (κ3) is 2.55. The van der Waals surface area contributed by atoms with Crippen LogP contribution in [-0.2, 0) is 13.1 Å². The lowest BCUT2D eigenvalue weighted by atomic mass is 10.1. The van der Waals surface area contributed by atoms with E-state index in [4.69, 9.17) is 0 Å². The lowest BCUT2D eigenvalue weighted by molar-refractivity contribution is 0.525. The molecule has 1 N–H and O–H groups in total. The Morgan fingerprint density at radius 2 is 2.05 bits per heavy atom. The summed E-state index contributed by atoms with van der Waals surface area (Å²) in [6, 6.07) is 7.54. The molecule has 2 nitrogen and oxygen atoms in total. The van der Waals surface area contributed by atoms with Crippen LogP contribution in [-0.4, -0.2) is 10.6 Å². The van der Waals surface area contributed by atoms with Crippen LogP contribution in [0, 0.1) is 6.92 Å². The molecule has 3 rings (SSSR count). The SMILES string of the molecule is CCn1cc(CNC2CCCC2)c2cc(C)ccc21. The van der Waals surface area contributed by atoms with Gasteiger partial charge in [0.05, 0.1) is 0 Å². The molecular weight excluding hydrogens is 232 g/mol. The molecule has 0 saturated heterocycles. The second kappa shape index (κ2) is 5.38. The minimum atomic E-state index is 0.741. The number of hydrogen-bond acceptors (Lipinski definition) is 1. The van der Waals surface area contributed by atoms with Crippen molar-refractivity contribution in [2.24, 2.45) is 0 Å². The second-order valence-electron chi connectivity index (χ2n) is 5.82. The Bertz CT molecular complexity index is 562. The monoisotopic (exact) mass is 256 g/mol. The van der Waals surface area contributed by atoms with Gasteiger partial charge >= 0.3 is 0 Å². The van der Waals surface area contributed by atoms with E-state index in [2.05, 4.69) is 48.1 Å².